The lowest BCUT2D eigenvalue weighted by atomic mass is 10.1. The predicted molar refractivity (Wildman–Crippen MR) is 63.8 cm³/mol. The van der Waals surface area contributed by atoms with Gasteiger partial charge in [0.15, 0.2) is 0 Å². The number of benzene rings is 1. The molecule has 0 aliphatic heterocycles. The highest BCUT2D eigenvalue weighted by Crippen LogP contribution is 2.10. The summed E-state index contributed by atoms with van der Waals surface area (Å²) in [6, 6.07) is 10.7. The molecule has 80 valence electrons. The summed E-state index contributed by atoms with van der Waals surface area (Å²) in [5.41, 5.74) is 2.54. The summed E-state index contributed by atoms with van der Waals surface area (Å²) < 4.78 is 0. The third-order valence-electron chi connectivity index (χ3n) is 2.29. The number of anilines is 1. The summed E-state index contributed by atoms with van der Waals surface area (Å²) in [5.74, 6) is 0. The van der Waals surface area contributed by atoms with E-state index in [2.05, 4.69) is 42.6 Å². The first kappa shape index (κ1) is 11.6. The molecule has 1 aromatic rings. The average molecular weight is 202 g/mol. The van der Waals surface area contributed by atoms with E-state index in [1.807, 2.05) is 0 Å². The van der Waals surface area contributed by atoms with Crippen molar-refractivity contribution in [2.45, 2.75) is 32.6 Å². The summed E-state index contributed by atoms with van der Waals surface area (Å²) in [7, 11) is 0. The Bertz CT molecular complexity index is 308. The molecule has 0 heterocycles. The molecular weight excluding hydrogens is 184 g/mol. The van der Waals surface area contributed by atoms with Gasteiger partial charge >= 0.3 is 0 Å². The maximum absolute atomic E-state index is 8.38. The minimum Gasteiger partial charge on any atom is -0.385 e. The molecule has 0 saturated carbocycles. The number of rotatable bonds is 6. The van der Waals surface area contributed by atoms with Crippen molar-refractivity contribution >= 4 is 5.69 Å². The van der Waals surface area contributed by atoms with Crippen LogP contribution < -0.4 is 5.32 Å². The van der Waals surface area contributed by atoms with E-state index in [0.717, 1.165) is 25.1 Å². The number of nitrogens with one attached hydrogen (secondary N) is 1. The van der Waals surface area contributed by atoms with E-state index < -0.39 is 0 Å². The third kappa shape index (κ3) is 4.51. The summed E-state index contributed by atoms with van der Waals surface area (Å²) in [6.45, 7) is 3.06. The van der Waals surface area contributed by atoms with E-state index >= 15 is 0 Å². The fraction of sp³-hybridized carbons (Fsp3) is 0.462. The normalized spacial score (nSPS) is 9.60. The summed E-state index contributed by atoms with van der Waals surface area (Å²) in [4.78, 5) is 0. The molecule has 1 aromatic carbocycles. The molecule has 0 radical (unpaired) electrons. The lowest BCUT2D eigenvalue weighted by Gasteiger charge is -2.05. The fourth-order valence-electron chi connectivity index (χ4n) is 1.48. The van der Waals surface area contributed by atoms with Gasteiger partial charge in [0.2, 0.25) is 0 Å². The quantitative estimate of drug-likeness (QED) is 0.718. The zero-order valence-corrected chi connectivity index (χ0v) is 9.29. The third-order valence-corrected chi connectivity index (χ3v) is 2.29. The van der Waals surface area contributed by atoms with Crippen LogP contribution in [0.4, 0.5) is 5.69 Å². The Morgan fingerprint density at radius 2 is 2.00 bits per heavy atom. The van der Waals surface area contributed by atoms with Gasteiger partial charge in [0.05, 0.1) is 6.07 Å². The van der Waals surface area contributed by atoms with Crippen LogP contribution in [0.15, 0.2) is 24.3 Å². The van der Waals surface area contributed by atoms with Crippen LogP contribution in [-0.4, -0.2) is 6.54 Å². The highest BCUT2D eigenvalue weighted by molar-refractivity contribution is 5.44. The number of hydrogen-bond donors (Lipinski definition) is 1. The molecule has 0 aliphatic rings. The fourth-order valence-corrected chi connectivity index (χ4v) is 1.48. The molecule has 0 fully saturated rings. The van der Waals surface area contributed by atoms with Crippen molar-refractivity contribution in [1.29, 1.82) is 5.26 Å². The molecule has 0 amide bonds. The van der Waals surface area contributed by atoms with Gasteiger partial charge in [0.25, 0.3) is 0 Å². The Balaban J connectivity index is 2.33. The Morgan fingerprint density at radius 3 is 2.60 bits per heavy atom. The molecule has 0 aliphatic carbocycles. The lowest BCUT2D eigenvalue weighted by Crippen LogP contribution is -2.00. The first-order chi connectivity index (χ1) is 7.36. The zero-order valence-electron chi connectivity index (χ0n) is 9.29. The SMILES string of the molecule is CCCc1ccc(NCCCC#N)cc1. The Labute approximate surface area is 91.9 Å². The molecular formula is C13H18N2. The van der Waals surface area contributed by atoms with Crippen molar-refractivity contribution in [2.75, 3.05) is 11.9 Å². The van der Waals surface area contributed by atoms with E-state index in [0.29, 0.717) is 6.42 Å². The number of nitriles is 1. The zero-order chi connectivity index (χ0) is 10.9. The van der Waals surface area contributed by atoms with Gasteiger partial charge in [-0.05, 0) is 30.5 Å². The van der Waals surface area contributed by atoms with Gasteiger partial charge in [-0.15, -0.1) is 0 Å². The molecule has 1 N–H and O–H groups in total. The van der Waals surface area contributed by atoms with Crippen molar-refractivity contribution in [2.24, 2.45) is 0 Å². The van der Waals surface area contributed by atoms with E-state index in [4.69, 9.17) is 5.26 Å². The maximum Gasteiger partial charge on any atom is 0.0622 e. The molecule has 1 rings (SSSR count). The highest BCUT2D eigenvalue weighted by atomic mass is 14.9. The van der Waals surface area contributed by atoms with E-state index in [1.165, 1.54) is 12.0 Å². The molecule has 0 aromatic heterocycles. The molecule has 2 heteroatoms. The molecule has 0 bridgehead atoms. The van der Waals surface area contributed by atoms with Crippen LogP contribution in [-0.2, 0) is 6.42 Å². The minimum absolute atomic E-state index is 0.626. The van der Waals surface area contributed by atoms with Crippen LogP contribution >= 0.6 is 0 Å². The topological polar surface area (TPSA) is 35.8 Å². The molecule has 0 atom stereocenters. The van der Waals surface area contributed by atoms with Gasteiger partial charge in [-0.1, -0.05) is 25.5 Å². The highest BCUT2D eigenvalue weighted by Gasteiger charge is 1.93. The second kappa shape index (κ2) is 6.89. The van der Waals surface area contributed by atoms with E-state index in [1.54, 1.807) is 0 Å². The van der Waals surface area contributed by atoms with Gasteiger partial charge in [-0.25, -0.2) is 0 Å². The number of unbranched alkanes of at least 4 members (excludes halogenated alkanes) is 1. The largest absolute Gasteiger partial charge is 0.385 e. The van der Waals surface area contributed by atoms with Crippen LogP contribution in [0.2, 0.25) is 0 Å². The summed E-state index contributed by atoms with van der Waals surface area (Å²) in [6.07, 6.45) is 3.87. The predicted octanol–water partition coefficient (Wildman–Crippen LogP) is 3.35. The van der Waals surface area contributed by atoms with Crippen molar-refractivity contribution in [3.8, 4) is 6.07 Å². The van der Waals surface area contributed by atoms with Crippen LogP contribution in [0.25, 0.3) is 0 Å². The molecule has 0 saturated heterocycles. The van der Waals surface area contributed by atoms with Gasteiger partial charge in [-0.3, -0.25) is 0 Å². The van der Waals surface area contributed by atoms with Crippen molar-refractivity contribution in [3.05, 3.63) is 29.8 Å². The average Bonchev–Trinajstić information content (AvgIpc) is 2.27. The number of nitrogens with zero attached hydrogens (tertiary/aromatic N) is 1. The van der Waals surface area contributed by atoms with Crippen LogP contribution in [0, 0.1) is 11.3 Å². The Kier molecular flexibility index (Phi) is 5.32. The van der Waals surface area contributed by atoms with Crippen molar-refractivity contribution in [1.82, 2.24) is 0 Å². The Hall–Kier alpha value is -1.49. The Morgan fingerprint density at radius 1 is 1.27 bits per heavy atom. The second-order valence-electron chi connectivity index (χ2n) is 3.64. The second-order valence-corrected chi connectivity index (χ2v) is 3.64. The van der Waals surface area contributed by atoms with Crippen LogP contribution in [0.1, 0.15) is 31.7 Å². The minimum atomic E-state index is 0.626. The van der Waals surface area contributed by atoms with Crippen LogP contribution in [0.3, 0.4) is 0 Å². The summed E-state index contributed by atoms with van der Waals surface area (Å²) in [5, 5.41) is 11.7. The summed E-state index contributed by atoms with van der Waals surface area (Å²) >= 11 is 0. The van der Waals surface area contributed by atoms with Crippen molar-refractivity contribution < 1.29 is 0 Å². The van der Waals surface area contributed by atoms with E-state index in [9.17, 15) is 0 Å². The standard InChI is InChI=1S/C13H18N2/c1-2-5-12-6-8-13(9-7-12)15-11-4-3-10-14/h6-9,15H,2-5,11H2,1H3. The first-order valence-electron chi connectivity index (χ1n) is 5.56. The molecule has 0 spiro atoms. The molecule has 15 heavy (non-hydrogen) atoms. The number of hydrogen-bond acceptors (Lipinski definition) is 2. The maximum atomic E-state index is 8.38. The van der Waals surface area contributed by atoms with Gasteiger partial charge in [0.1, 0.15) is 0 Å². The first-order valence-corrected chi connectivity index (χ1v) is 5.56. The van der Waals surface area contributed by atoms with Gasteiger partial charge in [0, 0.05) is 18.7 Å². The van der Waals surface area contributed by atoms with Crippen molar-refractivity contribution in [3.63, 3.8) is 0 Å². The van der Waals surface area contributed by atoms with Gasteiger partial charge in [-0.2, -0.15) is 5.26 Å². The van der Waals surface area contributed by atoms with Crippen LogP contribution in [0.5, 0.6) is 0 Å². The van der Waals surface area contributed by atoms with Gasteiger partial charge < -0.3 is 5.32 Å². The monoisotopic (exact) mass is 202 g/mol. The molecule has 0 unspecified atom stereocenters. The lowest BCUT2D eigenvalue weighted by molar-refractivity contribution is 0.896. The van der Waals surface area contributed by atoms with E-state index in [-0.39, 0.29) is 0 Å². The smallest absolute Gasteiger partial charge is 0.0622 e. The molecule has 2 nitrogen and oxygen atoms in total. The number of aryl methyl sites for hydroxylation is 1.